The largest absolute Gasteiger partial charge is 0.308 e. The summed E-state index contributed by atoms with van der Waals surface area (Å²) in [5.41, 5.74) is 4.54. The number of anilines is 1. The molecule has 5 heteroatoms. The molecule has 0 fully saturated rings. The Kier molecular flexibility index (Phi) is 3.42. The number of thiophene rings is 1. The van der Waals surface area contributed by atoms with Gasteiger partial charge in [0.1, 0.15) is 11.2 Å². The number of aryl methyl sites for hydroxylation is 1. The van der Waals surface area contributed by atoms with Crippen molar-refractivity contribution in [2.45, 2.75) is 46.5 Å². The number of hydrogen-bond donors (Lipinski definition) is 2. The Hall–Kier alpha value is -1.20. The summed E-state index contributed by atoms with van der Waals surface area (Å²) in [7, 11) is 0. The minimum Gasteiger partial charge on any atom is -0.308 e. The molecule has 0 radical (unpaired) electrons. The molecule has 2 heterocycles. The Morgan fingerprint density at radius 1 is 1.45 bits per heavy atom. The molecule has 0 amide bonds. The Balaban J connectivity index is 2.08. The molecule has 108 valence electrons. The van der Waals surface area contributed by atoms with Crippen molar-refractivity contribution in [2.24, 2.45) is 17.2 Å². The number of nitrogens with two attached hydrogens (primary N) is 1. The van der Waals surface area contributed by atoms with E-state index in [1.807, 2.05) is 0 Å². The highest BCUT2D eigenvalue weighted by Gasteiger charge is 2.33. The summed E-state index contributed by atoms with van der Waals surface area (Å²) < 4.78 is 0. The summed E-state index contributed by atoms with van der Waals surface area (Å²) in [6, 6.07) is 0. The number of nitrogen functional groups attached to an aromatic ring is 1. The van der Waals surface area contributed by atoms with Crippen molar-refractivity contribution in [3.63, 3.8) is 0 Å². The highest BCUT2D eigenvalue weighted by molar-refractivity contribution is 7.19. The Labute approximate surface area is 123 Å². The smallest absolute Gasteiger partial charge is 0.152 e. The van der Waals surface area contributed by atoms with Gasteiger partial charge in [-0.3, -0.25) is 0 Å². The summed E-state index contributed by atoms with van der Waals surface area (Å²) in [5, 5.41) is 1.15. The molecule has 2 aromatic heterocycles. The average molecular weight is 290 g/mol. The maximum absolute atomic E-state index is 5.62. The quantitative estimate of drug-likeness (QED) is 0.670. The van der Waals surface area contributed by atoms with E-state index in [0.29, 0.717) is 5.41 Å². The van der Waals surface area contributed by atoms with Gasteiger partial charge in [-0.25, -0.2) is 15.8 Å². The Morgan fingerprint density at radius 3 is 2.95 bits per heavy atom. The number of rotatable bonds is 3. The van der Waals surface area contributed by atoms with Crippen LogP contribution in [0.15, 0.2) is 6.33 Å². The van der Waals surface area contributed by atoms with Crippen molar-refractivity contribution < 1.29 is 0 Å². The van der Waals surface area contributed by atoms with Crippen molar-refractivity contribution in [2.75, 3.05) is 5.43 Å². The molecule has 1 aliphatic rings. The van der Waals surface area contributed by atoms with Crippen LogP contribution >= 0.6 is 11.3 Å². The second-order valence-corrected chi connectivity index (χ2v) is 7.42. The Bertz CT molecular complexity index is 632. The zero-order valence-electron chi connectivity index (χ0n) is 12.4. The molecule has 3 rings (SSSR count). The fourth-order valence-electron chi connectivity index (χ4n) is 3.17. The summed E-state index contributed by atoms with van der Waals surface area (Å²) in [6.45, 7) is 7.06. The zero-order chi connectivity index (χ0) is 14.3. The van der Waals surface area contributed by atoms with E-state index >= 15 is 0 Å². The molecular weight excluding hydrogens is 268 g/mol. The SMILES string of the molecule is CCC(C)(C)C1CCc2sc3ncnc(NN)c3c2C1. The van der Waals surface area contributed by atoms with Crippen molar-refractivity contribution in [3.05, 3.63) is 16.8 Å². The van der Waals surface area contributed by atoms with Crippen LogP contribution in [0.3, 0.4) is 0 Å². The predicted octanol–water partition coefficient (Wildman–Crippen LogP) is 3.52. The van der Waals surface area contributed by atoms with Crippen LogP contribution in [0.5, 0.6) is 0 Å². The lowest BCUT2D eigenvalue weighted by atomic mass is 9.69. The normalized spacial score (nSPS) is 19.1. The van der Waals surface area contributed by atoms with E-state index in [1.54, 1.807) is 17.7 Å². The van der Waals surface area contributed by atoms with Crippen molar-refractivity contribution >= 4 is 27.4 Å². The molecule has 3 N–H and O–H groups in total. The maximum atomic E-state index is 5.62. The van der Waals surface area contributed by atoms with Crippen LogP contribution in [-0.4, -0.2) is 9.97 Å². The van der Waals surface area contributed by atoms with E-state index in [2.05, 4.69) is 36.2 Å². The first kappa shape index (κ1) is 13.8. The van der Waals surface area contributed by atoms with Crippen LogP contribution in [0, 0.1) is 11.3 Å². The van der Waals surface area contributed by atoms with Gasteiger partial charge in [0.05, 0.1) is 5.39 Å². The number of aromatic nitrogens is 2. The van der Waals surface area contributed by atoms with Gasteiger partial charge in [0.25, 0.3) is 0 Å². The van der Waals surface area contributed by atoms with Gasteiger partial charge in [-0.15, -0.1) is 11.3 Å². The number of nitrogens with one attached hydrogen (secondary N) is 1. The van der Waals surface area contributed by atoms with Gasteiger partial charge in [-0.1, -0.05) is 27.2 Å². The van der Waals surface area contributed by atoms with E-state index in [4.69, 9.17) is 5.84 Å². The first-order chi connectivity index (χ1) is 9.56. The molecule has 1 atom stereocenters. The highest BCUT2D eigenvalue weighted by atomic mass is 32.1. The van der Waals surface area contributed by atoms with Crippen LogP contribution in [0.4, 0.5) is 5.82 Å². The molecule has 2 aromatic rings. The average Bonchev–Trinajstić information content (AvgIpc) is 2.84. The van der Waals surface area contributed by atoms with E-state index in [9.17, 15) is 0 Å². The molecule has 4 nitrogen and oxygen atoms in total. The van der Waals surface area contributed by atoms with E-state index in [1.165, 1.54) is 23.3 Å². The molecule has 0 spiro atoms. The second kappa shape index (κ2) is 4.97. The van der Waals surface area contributed by atoms with Crippen LogP contribution in [0.25, 0.3) is 10.2 Å². The van der Waals surface area contributed by atoms with Crippen molar-refractivity contribution in [3.8, 4) is 0 Å². The Morgan fingerprint density at radius 2 is 2.25 bits per heavy atom. The van der Waals surface area contributed by atoms with Gasteiger partial charge in [-0.2, -0.15) is 0 Å². The van der Waals surface area contributed by atoms with Crippen molar-refractivity contribution in [1.82, 2.24) is 9.97 Å². The molecule has 20 heavy (non-hydrogen) atoms. The molecule has 0 bridgehead atoms. The van der Waals surface area contributed by atoms with Gasteiger partial charge in [0, 0.05) is 4.88 Å². The lowest BCUT2D eigenvalue weighted by Gasteiger charge is -2.36. The van der Waals surface area contributed by atoms with E-state index in [0.717, 1.165) is 34.8 Å². The van der Waals surface area contributed by atoms with Gasteiger partial charge >= 0.3 is 0 Å². The van der Waals surface area contributed by atoms with Gasteiger partial charge in [0.15, 0.2) is 5.82 Å². The summed E-state index contributed by atoms with van der Waals surface area (Å²) in [6.07, 6.45) is 6.37. The maximum Gasteiger partial charge on any atom is 0.152 e. The minimum atomic E-state index is 0.387. The molecule has 1 aliphatic carbocycles. The second-order valence-electron chi connectivity index (χ2n) is 6.33. The van der Waals surface area contributed by atoms with Crippen LogP contribution < -0.4 is 11.3 Å². The van der Waals surface area contributed by atoms with Crippen LogP contribution in [0.2, 0.25) is 0 Å². The summed E-state index contributed by atoms with van der Waals surface area (Å²) in [4.78, 5) is 11.2. The number of hydrazine groups is 1. The highest BCUT2D eigenvalue weighted by Crippen LogP contribution is 2.45. The third-order valence-corrected chi connectivity index (χ3v) is 6.19. The number of hydrogen-bond acceptors (Lipinski definition) is 5. The number of fused-ring (bicyclic) bond motifs is 3. The van der Waals surface area contributed by atoms with E-state index < -0.39 is 0 Å². The third kappa shape index (κ3) is 2.09. The van der Waals surface area contributed by atoms with Crippen molar-refractivity contribution in [1.29, 1.82) is 0 Å². The minimum absolute atomic E-state index is 0.387. The predicted molar refractivity (Wildman–Crippen MR) is 84.8 cm³/mol. The van der Waals surface area contributed by atoms with Crippen LogP contribution in [-0.2, 0) is 12.8 Å². The monoisotopic (exact) mass is 290 g/mol. The number of nitrogens with zero attached hydrogens (tertiary/aromatic N) is 2. The third-order valence-electron chi connectivity index (χ3n) is 4.99. The van der Waals surface area contributed by atoms with Gasteiger partial charge in [0.2, 0.25) is 0 Å². The van der Waals surface area contributed by atoms with Gasteiger partial charge in [-0.05, 0) is 36.2 Å². The molecular formula is C15H22N4S. The van der Waals surface area contributed by atoms with Crippen LogP contribution in [0.1, 0.15) is 44.1 Å². The fourth-order valence-corrected chi connectivity index (χ4v) is 4.36. The summed E-state index contributed by atoms with van der Waals surface area (Å²) >= 11 is 1.80. The summed E-state index contributed by atoms with van der Waals surface area (Å²) in [5.74, 6) is 7.11. The standard InChI is InChI=1S/C15H22N4S/c1-4-15(2,3)9-5-6-11-10(7-9)12-13(19-16)17-8-18-14(12)20-11/h8-9H,4-7,16H2,1-3H3,(H,17,18,19). The first-order valence-corrected chi connectivity index (χ1v) is 8.10. The fraction of sp³-hybridized carbons (Fsp3) is 0.600. The first-order valence-electron chi connectivity index (χ1n) is 7.28. The lowest BCUT2D eigenvalue weighted by Crippen LogP contribution is -2.28. The zero-order valence-corrected chi connectivity index (χ0v) is 13.2. The molecule has 0 saturated carbocycles. The molecule has 0 aliphatic heterocycles. The lowest BCUT2D eigenvalue weighted by molar-refractivity contribution is 0.184. The molecule has 1 unspecified atom stereocenters. The van der Waals surface area contributed by atoms with Gasteiger partial charge < -0.3 is 5.43 Å². The molecule has 0 saturated heterocycles. The van der Waals surface area contributed by atoms with E-state index in [-0.39, 0.29) is 0 Å². The molecule has 0 aromatic carbocycles. The topological polar surface area (TPSA) is 63.8 Å².